The molecule has 114 valence electrons. The van der Waals surface area contributed by atoms with Crippen LogP contribution in [0.25, 0.3) is 0 Å². The summed E-state index contributed by atoms with van der Waals surface area (Å²) < 4.78 is 0. The van der Waals surface area contributed by atoms with Crippen LogP contribution in [0.15, 0.2) is 0 Å². The first kappa shape index (κ1) is 17.0. The zero-order valence-electron chi connectivity index (χ0n) is 13.8. The molecule has 0 bridgehead atoms. The third-order valence-corrected chi connectivity index (χ3v) is 4.19. The molecule has 1 aliphatic heterocycles. The maximum Gasteiger partial charge on any atom is 0.0195 e. The molecule has 1 aliphatic rings. The van der Waals surface area contributed by atoms with Gasteiger partial charge >= 0.3 is 0 Å². The summed E-state index contributed by atoms with van der Waals surface area (Å²) in [6.45, 7) is 14.4. The molecule has 2 heteroatoms. The van der Waals surface area contributed by atoms with E-state index in [1.807, 2.05) is 0 Å². The van der Waals surface area contributed by atoms with E-state index in [4.69, 9.17) is 0 Å². The molecule has 1 fully saturated rings. The first-order valence-corrected chi connectivity index (χ1v) is 8.53. The standard InChI is InChI=1S/C17H36N2/c1-15(2)9-12-19(13-10-16(3)4)14-17-8-6-5-7-11-18-17/h15-18H,5-14H2,1-4H3. The van der Waals surface area contributed by atoms with E-state index in [2.05, 4.69) is 37.9 Å². The van der Waals surface area contributed by atoms with Crippen LogP contribution in [0.1, 0.15) is 66.2 Å². The summed E-state index contributed by atoms with van der Waals surface area (Å²) in [4.78, 5) is 2.71. The van der Waals surface area contributed by atoms with Crippen LogP contribution in [0.2, 0.25) is 0 Å². The fourth-order valence-corrected chi connectivity index (χ4v) is 2.74. The summed E-state index contributed by atoms with van der Waals surface area (Å²) in [6.07, 6.45) is 8.26. The molecule has 0 aromatic rings. The van der Waals surface area contributed by atoms with Crippen molar-refractivity contribution in [3.63, 3.8) is 0 Å². The third-order valence-electron chi connectivity index (χ3n) is 4.19. The largest absolute Gasteiger partial charge is 0.313 e. The highest BCUT2D eigenvalue weighted by Gasteiger charge is 2.16. The molecule has 0 aliphatic carbocycles. The maximum absolute atomic E-state index is 3.75. The van der Waals surface area contributed by atoms with Crippen molar-refractivity contribution in [2.45, 2.75) is 72.3 Å². The molecule has 0 aromatic heterocycles. The van der Waals surface area contributed by atoms with Gasteiger partial charge in [-0.2, -0.15) is 0 Å². The minimum atomic E-state index is 0.738. The summed E-state index contributed by atoms with van der Waals surface area (Å²) in [5.41, 5.74) is 0. The lowest BCUT2D eigenvalue weighted by molar-refractivity contribution is 0.216. The topological polar surface area (TPSA) is 15.3 Å². The molecule has 1 N–H and O–H groups in total. The lowest BCUT2D eigenvalue weighted by atomic mass is 10.1. The van der Waals surface area contributed by atoms with Crippen LogP contribution in [0.5, 0.6) is 0 Å². The molecule has 1 saturated heterocycles. The second kappa shape index (κ2) is 9.77. The van der Waals surface area contributed by atoms with Crippen molar-refractivity contribution in [1.29, 1.82) is 0 Å². The van der Waals surface area contributed by atoms with Crippen molar-refractivity contribution in [1.82, 2.24) is 10.2 Å². The average molecular weight is 268 g/mol. The minimum Gasteiger partial charge on any atom is -0.313 e. The van der Waals surface area contributed by atoms with Crippen molar-refractivity contribution >= 4 is 0 Å². The Kier molecular flexibility index (Phi) is 8.72. The van der Waals surface area contributed by atoms with Crippen molar-refractivity contribution in [2.75, 3.05) is 26.2 Å². The number of nitrogens with one attached hydrogen (secondary N) is 1. The second-order valence-electron chi connectivity index (χ2n) is 7.17. The van der Waals surface area contributed by atoms with Crippen LogP contribution in [0.4, 0.5) is 0 Å². The van der Waals surface area contributed by atoms with Crippen LogP contribution in [0, 0.1) is 11.8 Å². The second-order valence-corrected chi connectivity index (χ2v) is 7.17. The molecule has 1 heterocycles. The van der Waals surface area contributed by atoms with E-state index in [1.54, 1.807) is 0 Å². The number of hydrogen-bond acceptors (Lipinski definition) is 2. The Hall–Kier alpha value is -0.0800. The van der Waals surface area contributed by atoms with Gasteiger partial charge in [-0.3, -0.25) is 0 Å². The van der Waals surface area contributed by atoms with Crippen LogP contribution >= 0.6 is 0 Å². The van der Waals surface area contributed by atoms with E-state index in [1.165, 1.54) is 64.7 Å². The zero-order chi connectivity index (χ0) is 14.1. The van der Waals surface area contributed by atoms with Crippen LogP contribution in [0.3, 0.4) is 0 Å². The predicted molar refractivity (Wildman–Crippen MR) is 85.6 cm³/mol. The van der Waals surface area contributed by atoms with Crippen LogP contribution < -0.4 is 5.32 Å². The Labute approximate surface area is 121 Å². The Morgan fingerprint density at radius 3 is 2.16 bits per heavy atom. The molecule has 1 atom stereocenters. The van der Waals surface area contributed by atoms with Crippen molar-refractivity contribution in [3.05, 3.63) is 0 Å². The highest BCUT2D eigenvalue weighted by Crippen LogP contribution is 2.12. The summed E-state index contributed by atoms with van der Waals surface area (Å²) in [5.74, 6) is 1.65. The summed E-state index contributed by atoms with van der Waals surface area (Å²) in [7, 11) is 0. The van der Waals surface area contributed by atoms with Gasteiger partial charge in [0.05, 0.1) is 0 Å². The average Bonchev–Trinajstić information content (AvgIpc) is 2.60. The van der Waals surface area contributed by atoms with Gasteiger partial charge in [-0.1, -0.05) is 40.5 Å². The fourth-order valence-electron chi connectivity index (χ4n) is 2.74. The Morgan fingerprint density at radius 1 is 0.947 bits per heavy atom. The summed E-state index contributed by atoms with van der Waals surface area (Å²) in [6, 6.07) is 0.738. The van der Waals surface area contributed by atoms with E-state index in [-0.39, 0.29) is 0 Å². The smallest absolute Gasteiger partial charge is 0.0195 e. The molecule has 0 saturated carbocycles. The molecular formula is C17H36N2. The molecule has 0 amide bonds. The van der Waals surface area contributed by atoms with Gasteiger partial charge in [0.25, 0.3) is 0 Å². The van der Waals surface area contributed by atoms with Crippen molar-refractivity contribution < 1.29 is 0 Å². The summed E-state index contributed by atoms with van der Waals surface area (Å²) in [5, 5.41) is 3.75. The normalized spacial score (nSPS) is 21.3. The van der Waals surface area contributed by atoms with Crippen molar-refractivity contribution in [2.24, 2.45) is 11.8 Å². The van der Waals surface area contributed by atoms with Gasteiger partial charge in [-0.05, 0) is 57.2 Å². The van der Waals surface area contributed by atoms with Gasteiger partial charge in [-0.25, -0.2) is 0 Å². The van der Waals surface area contributed by atoms with Gasteiger partial charge in [0.2, 0.25) is 0 Å². The number of nitrogens with zero attached hydrogens (tertiary/aromatic N) is 1. The third kappa shape index (κ3) is 8.65. The SMILES string of the molecule is CC(C)CCN(CCC(C)C)CC1CCCCCN1. The Balaban J connectivity index is 2.36. The Morgan fingerprint density at radius 2 is 1.58 bits per heavy atom. The highest BCUT2D eigenvalue weighted by atomic mass is 15.1. The monoisotopic (exact) mass is 268 g/mol. The van der Waals surface area contributed by atoms with E-state index in [9.17, 15) is 0 Å². The first-order valence-electron chi connectivity index (χ1n) is 8.53. The first-order chi connectivity index (χ1) is 9.08. The lowest BCUT2D eigenvalue weighted by Gasteiger charge is -2.28. The van der Waals surface area contributed by atoms with Gasteiger partial charge in [0.15, 0.2) is 0 Å². The van der Waals surface area contributed by atoms with Gasteiger partial charge < -0.3 is 10.2 Å². The van der Waals surface area contributed by atoms with E-state index >= 15 is 0 Å². The lowest BCUT2D eigenvalue weighted by Crippen LogP contribution is -2.42. The number of rotatable bonds is 8. The molecule has 0 radical (unpaired) electrons. The highest BCUT2D eigenvalue weighted by molar-refractivity contribution is 4.75. The number of hydrogen-bond donors (Lipinski definition) is 1. The van der Waals surface area contributed by atoms with E-state index in [0.717, 1.165) is 17.9 Å². The summed E-state index contributed by atoms with van der Waals surface area (Å²) >= 11 is 0. The van der Waals surface area contributed by atoms with Gasteiger partial charge in [0, 0.05) is 12.6 Å². The molecule has 19 heavy (non-hydrogen) atoms. The fraction of sp³-hybridized carbons (Fsp3) is 1.00. The van der Waals surface area contributed by atoms with Gasteiger partial charge in [-0.15, -0.1) is 0 Å². The van der Waals surface area contributed by atoms with Gasteiger partial charge in [0.1, 0.15) is 0 Å². The zero-order valence-corrected chi connectivity index (χ0v) is 13.8. The Bertz CT molecular complexity index is 193. The van der Waals surface area contributed by atoms with Crippen molar-refractivity contribution in [3.8, 4) is 0 Å². The van der Waals surface area contributed by atoms with E-state index < -0.39 is 0 Å². The molecule has 1 unspecified atom stereocenters. The predicted octanol–water partition coefficient (Wildman–Crippen LogP) is 3.91. The quantitative estimate of drug-likeness (QED) is 0.718. The van der Waals surface area contributed by atoms with E-state index in [0.29, 0.717) is 0 Å². The van der Waals surface area contributed by atoms with Crippen LogP contribution in [-0.2, 0) is 0 Å². The molecule has 0 spiro atoms. The molecule has 1 rings (SSSR count). The molecule has 2 nitrogen and oxygen atoms in total. The maximum atomic E-state index is 3.75. The van der Waals surface area contributed by atoms with Crippen LogP contribution in [-0.4, -0.2) is 37.1 Å². The molecular weight excluding hydrogens is 232 g/mol. The minimum absolute atomic E-state index is 0.738. The molecule has 0 aromatic carbocycles.